The van der Waals surface area contributed by atoms with Crippen LogP contribution < -0.4 is 10.5 Å². The summed E-state index contributed by atoms with van der Waals surface area (Å²) in [7, 11) is 1.67. The van der Waals surface area contributed by atoms with Crippen LogP contribution in [-0.4, -0.2) is 54.5 Å². The maximum absolute atomic E-state index is 12.7. The average Bonchev–Trinajstić information content (AvgIpc) is 3.40. The van der Waals surface area contributed by atoms with Gasteiger partial charge >= 0.3 is 0 Å². The standard InChI is InChI=1S/C18H27N3O2/c1-23-17-6-2-14(3-7-17)12-21(16-4-5-16)18(22)13-20-10-8-15(19)9-11-20/h2-3,6-7,15-16H,4-5,8-13,19H2,1H3. The SMILES string of the molecule is COc1ccc(CN(C(=O)CN2CCC(N)CC2)C2CC2)cc1. The third kappa shape index (κ3) is 4.45. The fourth-order valence-electron chi connectivity index (χ4n) is 3.13. The minimum absolute atomic E-state index is 0.249. The van der Waals surface area contributed by atoms with E-state index in [1.807, 2.05) is 24.3 Å². The third-order valence-corrected chi connectivity index (χ3v) is 4.81. The molecule has 2 N–H and O–H groups in total. The molecule has 3 rings (SSSR count). The molecule has 1 heterocycles. The van der Waals surface area contributed by atoms with Gasteiger partial charge in [-0.05, 0) is 43.4 Å². The van der Waals surface area contributed by atoms with E-state index in [1.54, 1.807) is 7.11 Å². The summed E-state index contributed by atoms with van der Waals surface area (Å²) >= 11 is 0. The van der Waals surface area contributed by atoms with Gasteiger partial charge < -0.3 is 15.4 Å². The quantitative estimate of drug-likeness (QED) is 0.866. The van der Waals surface area contributed by atoms with Crippen LogP contribution in [0.4, 0.5) is 0 Å². The van der Waals surface area contributed by atoms with Gasteiger partial charge in [0.2, 0.25) is 5.91 Å². The second kappa shape index (κ2) is 7.32. The van der Waals surface area contributed by atoms with Crippen molar-refractivity contribution in [2.24, 2.45) is 5.73 Å². The molecule has 1 aromatic rings. The van der Waals surface area contributed by atoms with Crippen LogP contribution in [0.3, 0.4) is 0 Å². The Hall–Kier alpha value is -1.59. The van der Waals surface area contributed by atoms with E-state index in [9.17, 15) is 4.79 Å². The number of amides is 1. The van der Waals surface area contributed by atoms with E-state index >= 15 is 0 Å². The van der Waals surface area contributed by atoms with Gasteiger partial charge in [0.15, 0.2) is 0 Å². The van der Waals surface area contributed by atoms with Gasteiger partial charge in [0.1, 0.15) is 5.75 Å². The Bertz CT molecular complexity index is 520. The smallest absolute Gasteiger partial charge is 0.237 e. The number of hydrogen-bond acceptors (Lipinski definition) is 4. The van der Waals surface area contributed by atoms with Crippen molar-refractivity contribution in [2.45, 2.75) is 44.3 Å². The lowest BCUT2D eigenvalue weighted by atomic mass is 10.1. The van der Waals surface area contributed by atoms with Gasteiger partial charge in [-0.25, -0.2) is 0 Å². The van der Waals surface area contributed by atoms with Crippen LogP contribution in [0.25, 0.3) is 0 Å². The minimum atomic E-state index is 0.249. The first-order valence-electron chi connectivity index (χ1n) is 8.56. The molecule has 126 valence electrons. The Balaban J connectivity index is 1.58. The lowest BCUT2D eigenvalue weighted by Crippen LogP contribution is -2.46. The fourth-order valence-corrected chi connectivity index (χ4v) is 3.13. The summed E-state index contributed by atoms with van der Waals surface area (Å²) in [4.78, 5) is 17.0. The molecule has 1 saturated carbocycles. The molecular weight excluding hydrogens is 290 g/mol. The van der Waals surface area contributed by atoms with Crippen molar-refractivity contribution < 1.29 is 9.53 Å². The summed E-state index contributed by atoms with van der Waals surface area (Å²) in [5.74, 6) is 1.10. The highest BCUT2D eigenvalue weighted by Crippen LogP contribution is 2.29. The topological polar surface area (TPSA) is 58.8 Å². The molecule has 0 atom stereocenters. The number of rotatable bonds is 6. The van der Waals surface area contributed by atoms with Crippen LogP contribution in [0.1, 0.15) is 31.2 Å². The molecule has 5 nitrogen and oxygen atoms in total. The normalized spacial score (nSPS) is 19.6. The van der Waals surface area contributed by atoms with E-state index < -0.39 is 0 Å². The number of ether oxygens (including phenoxy) is 1. The zero-order valence-corrected chi connectivity index (χ0v) is 13.9. The van der Waals surface area contributed by atoms with E-state index in [2.05, 4.69) is 9.80 Å². The number of carbonyl (C=O) groups excluding carboxylic acids is 1. The van der Waals surface area contributed by atoms with Crippen LogP contribution in [0, 0.1) is 0 Å². The van der Waals surface area contributed by atoms with E-state index in [1.165, 1.54) is 0 Å². The Morgan fingerprint density at radius 3 is 2.43 bits per heavy atom. The van der Waals surface area contributed by atoms with Crippen LogP contribution in [0.5, 0.6) is 5.75 Å². The van der Waals surface area contributed by atoms with E-state index in [0.29, 0.717) is 25.2 Å². The first kappa shape index (κ1) is 16.3. The number of likely N-dealkylation sites (tertiary alicyclic amines) is 1. The van der Waals surface area contributed by atoms with Gasteiger partial charge in [0, 0.05) is 31.7 Å². The zero-order chi connectivity index (χ0) is 16.2. The molecule has 0 bridgehead atoms. The van der Waals surface area contributed by atoms with Crippen molar-refractivity contribution in [3.63, 3.8) is 0 Å². The summed E-state index contributed by atoms with van der Waals surface area (Å²) < 4.78 is 5.19. The number of carbonyl (C=O) groups is 1. The Labute approximate surface area is 138 Å². The number of piperidine rings is 1. The highest BCUT2D eigenvalue weighted by molar-refractivity contribution is 5.79. The van der Waals surface area contributed by atoms with Crippen molar-refractivity contribution in [3.05, 3.63) is 29.8 Å². The first-order chi connectivity index (χ1) is 11.2. The van der Waals surface area contributed by atoms with Crippen molar-refractivity contribution in [1.82, 2.24) is 9.80 Å². The van der Waals surface area contributed by atoms with Gasteiger partial charge in [0.25, 0.3) is 0 Å². The maximum Gasteiger partial charge on any atom is 0.237 e. The van der Waals surface area contributed by atoms with Crippen LogP contribution in [-0.2, 0) is 11.3 Å². The van der Waals surface area contributed by atoms with Crippen LogP contribution >= 0.6 is 0 Å². The molecule has 1 aliphatic heterocycles. The number of hydrogen-bond donors (Lipinski definition) is 1. The molecule has 0 unspecified atom stereocenters. The lowest BCUT2D eigenvalue weighted by Gasteiger charge is -2.32. The van der Waals surface area contributed by atoms with Crippen molar-refractivity contribution in [3.8, 4) is 5.75 Å². The van der Waals surface area contributed by atoms with Gasteiger partial charge in [0.05, 0.1) is 13.7 Å². The van der Waals surface area contributed by atoms with Crippen molar-refractivity contribution in [1.29, 1.82) is 0 Å². The molecule has 1 saturated heterocycles. The fraction of sp³-hybridized carbons (Fsp3) is 0.611. The molecule has 2 aliphatic rings. The summed E-state index contributed by atoms with van der Waals surface area (Å²) in [5.41, 5.74) is 7.10. The van der Waals surface area contributed by atoms with Crippen molar-refractivity contribution >= 4 is 5.91 Å². The Morgan fingerprint density at radius 2 is 1.87 bits per heavy atom. The number of benzene rings is 1. The average molecular weight is 317 g/mol. The monoisotopic (exact) mass is 317 g/mol. The van der Waals surface area contributed by atoms with E-state index in [-0.39, 0.29) is 5.91 Å². The summed E-state index contributed by atoms with van der Waals surface area (Å²) in [5, 5.41) is 0. The molecule has 1 aliphatic carbocycles. The van der Waals surface area contributed by atoms with Gasteiger partial charge in [-0.2, -0.15) is 0 Å². The predicted octanol–water partition coefficient (Wildman–Crippen LogP) is 1.61. The lowest BCUT2D eigenvalue weighted by molar-refractivity contribution is -0.133. The Kier molecular flexibility index (Phi) is 5.18. The second-order valence-corrected chi connectivity index (χ2v) is 6.71. The molecule has 2 fully saturated rings. The predicted molar refractivity (Wildman–Crippen MR) is 90.2 cm³/mol. The van der Waals surface area contributed by atoms with E-state index in [4.69, 9.17) is 10.5 Å². The summed E-state index contributed by atoms with van der Waals surface area (Å²) in [6.45, 7) is 3.10. The summed E-state index contributed by atoms with van der Waals surface area (Å²) in [6.07, 6.45) is 4.25. The largest absolute Gasteiger partial charge is 0.497 e. The van der Waals surface area contributed by atoms with Gasteiger partial charge in [-0.15, -0.1) is 0 Å². The number of nitrogens with two attached hydrogens (primary N) is 1. The summed E-state index contributed by atoms with van der Waals surface area (Å²) in [6, 6.07) is 8.73. The molecule has 23 heavy (non-hydrogen) atoms. The molecule has 1 aromatic carbocycles. The van der Waals surface area contributed by atoms with Gasteiger partial charge in [-0.3, -0.25) is 9.69 Å². The molecule has 5 heteroatoms. The third-order valence-electron chi connectivity index (χ3n) is 4.81. The van der Waals surface area contributed by atoms with Crippen LogP contribution in [0.15, 0.2) is 24.3 Å². The zero-order valence-electron chi connectivity index (χ0n) is 13.9. The highest BCUT2D eigenvalue weighted by Gasteiger charge is 2.33. The number of nitrogens with zero attached hydrogens (tertiary/aromatic N) is 2. The number of methoxy groups -OCH3 is 1. The van der Waals surface area contributed by atoms with Crippen LogP contribution in [0.2, 0.25) is 0 Å². The molecule has 0 radical (unpaired) electrons. The molecular formula is C18H27N3O2. The molecule has 1 amide bonds. The Morgan fingerprint density at radius 1 is 1.22 bits per heavy atom. The molecule has 0 aromatic heterocycles. The molecule has 0 spiro atoms. The second-order valence-electron chi connectivity index (χ2n) is 6.71. The highest BCUT2D eigenvalue weighted by atomic mass is 16.5. The van der Waals surface area contributed by atoms with Gasteiger partial charge in [-0.1, -0.05) is 12.1 Å². The maximum atomic E-state index is 12.7. The van der Waals surface area contributed by atoms with Crippen molar-refractivity contribution in [2.75, 3.05) is 26.7 Å². The van der Waals surface area contributed by atoms with E-state index in [0.717, 1.165) is 50.1 Å². The minimum Gasteiger partial charge on any atom is -0.497 e. The first-order valence-corrected chi connectivity index (χ1v) is 8.56.